The van der Waals surface area contributed by atoms with Crippen molar-refractivity contribution in [3.8, 4) is 0 Å². The van der Waals surface area contributed by atoms with Crippen LogP contribution in [0.1, 0.15) is 0 Å². The van der Waals surface area contributed by atoms with Gasteiger partial charge in [0, 0.05) is 50.0 Å². The fourth-order valence-electron chi connectivity index (χ4n) is 0. The van der Waals surface area contributed by atoms with Crippen molar-refractivity contribution < 1.29 is 86.1 Å². The van der Waals surface area contributed by atoms with Gasteiger partial charge in [-0.1, -0.05) is 0 Å². The summed E-state index contributed by atoms with van der Waals surface area (Å²) >= 11 is 0. The molecule has 0 saturated heterocycles. The molecule has 8 N–H and O–H groups in total. The molecule has 0 aromatic heterocycles. The zero-order valence-corrected chi connectivity index (χ0v) is 11.5. The third kappa shape index (κ3) is 7160. The summed E-state index contributed by atoms with van der Waals surface area (Å²) in [6.07, 6.45) is 0. The van der Waals surface area contributed by atoms with Crippen molar-refractivity contribution in [1.82, 2.24) is 0 Å². The van der Waals surface area contributed by atoms with Gasteiger partial charge in [-0.25, -0.2) is 0 Å². The minimum atomic E-state index is -5.17. The van der Waals surface area contributed by atoms with Gasteiger partial charge < -0.3 is 40.1 Å². The second-order valence-corrected chi connectivity index (χ2v) is 2.45. The van der Waals surface area contributed by atoms with Gasteiger partial charge in [0.05, 0.1) is 0 Å². The first-order valence-electron chi connectivity index (χ1n) is 1.33. The summed E-state index contributed by atoms with van der Waals surface area (Å²) in [4.78, 5) is 0. The number of rotatable bonds is 0. The van der Waals surface area contributed by atoms with Gasteiger partial charge in [0.25, 0.3) is 0 Å². The zero-order chi connectivity index (χ0) is 9.00. The zero-order valence-electron chi connectivity index (χ0n) is 6.49. The molecule has 102 valence electrons. The van der Waals surface area contributed by atoms with E-state index in [-0.39, 0.29) is 51.1 Å². The Balaban J connectivity index is -0.0000000128. The normalized spacial score (nSPS) is 7.73. The van der Waals surface area contributed by atoms with Crippen LogP contribution in [0.15, 0.2) is 0 Å². The number of hydrogen-bond donors (Lipinski definition) is 0. The van der Waals surface area contributed by atoms with Crippen LogP contribution in [0.3, 0.4) is 0 Å². The Bertz CT molecular complexity index is 210. The van der Waals surface area contributed by atoms with Crippen LogP contribution in [-0.4, -0.2) is 57.0 Å². The Hall–Kier alpha value is 0.567. The quantitative estimate of drug-likeness (QED) is 0.223. The third-order valence-corrected chi connectivity index (χ3v) is 0. The summed E-state index contributed by atoms with van der Waals surface area (Å²) in [5.41, 5.74) is 0. The first-order chi connectivity index (χ1) is 4.00. The monoisotopic (exact) mass is 502 g/mol. The van der Waals surface area contributed by atoms with Crippen molar-refractivity contribution in [2.75, 3.05) is 0 Å². The summed E-state index contributed by atoms with van der Waals surface area (Å²) in [5.74, 6) is 0. The van der Waals surface area contributed by atoms with E-state index in [1.165, 1.54) is 0 Å². The van der Waals surface area contributed by atoms with Crippen molar-refractivity contribution in [2.45, 2.75) is 0 Å². The molecule has 0 heterocycles. The van der Waals surface area contributed by atoms with E-state index in [1.807, 2.05) is 0 Å². The maximum absolute atomic E-state index is 8.52. The molecular weight excluding hydrogens is 500 g/mol. The van der Waals surface area contributed by atoms with Gasteiger partial charge in [-0.15, -0.1) is 0 Å². The van der Waals surface area contributed by atoms with Crippen LogP contribution in [0, 0.1) is 29.2 Å². The standard InChI is InChI=1S/2H2O4S.4H2O.Pu/c2*1-5(2,3)4;;;;;/h2*(H2,1,2,3,4);4*1H2;/p-4. The molecule has 0 atom stereocenters. The van der Waals surface area contributed by atoms with Crippen molar-refractivity contribution in [2.24, 2.45) is 0 Å². The Labute approximate surface area is 107 Å². The summed E-state index contributed by atoms with van der Waals surface area (Å²) in [6.45, 7) is 0. The molecule has 0 aliphatic heterocycles. The molecule has 0 aliphatic carbocycles. The fourth-order valence-corrected chi connectivity index (χ4v) is 0. The van der Waals surface area contributed by atoms with E-state index >= 15 is 0 Å². The van der Waals surface area contributed by atoms with Crippen LogP contribution >= 0.6 is 0 Å². The minimum Gasteiger partial charge on any atom is -0.759 e. The van der Waals surface area contributed by atoms with E-state index in [9.17, 15) is 0 Å². The van der Waals surface area contributed by atoms with E-state index in [0.29, 0.717) is 0 Å². The van der Waals surface area contributed by atoms with Crippen LogP contribution in [0.5, 0.6) is 0 Å². The maximum atomic E-state index is 8.52. The van der Waals surface area contributed by atoms with Gasteiger partial charge in [0.2, 0.25) is 0 Å². The molecule has 0 amide bonds. The molecule has 0 bridgehead atoms. The summed E-state index contributed by atoms with van der Waals surface area (Å²) in [6, 6.07) is 0. The predicted molar refractivity (Wildman–Crippen MR) is 35.4 cm³/mol. The summed E-state index contributed by atoms with van der Waals surface area (Å²) in [7, 11) is -10.3. The third-order valence-electron chi connectivity index (χ3n) is 0. The molecular formula is H8O12PuS2-4. The van der Waals surface area contributed by atoms with Gasteiger partial charge in [-0.05, 0) is 0 Å². The molecule has 0 unspecified atom stereocenters. The molecule has 12 nitrogen and oxygen atoms in total. The summed E-state index contributed by atoms with van der Waals surface area (Å²) < 4.78 is 68.2. The van der Waals surface area contributed by atoms with Crippen LogP contribution in [0.2, 0.25) is 0 Å². The molecule has 0 aliphatic rings. The van der Waals surface area contributed by atoms with E-state index in [0.717, 1.165) is 0 Å². The maximum Gasteiger partial charge on any atom is 0.0311 e. The molecule has 0 spiro atoms. The van der Waals surface area contributed by atoms with E-state index in [2.05, 4.69) is 0 Å². The molecule has 0 aromatic carbocycles. The average molecular weight is 508 g/mol. The van der Waals surface area contributed by atoms with Gasteiger partial charge in [0.1, 0.15) is 0 Å². The van der Waals surface area contributed by atoms with Crippen molar-refractivity contribution in [3.05, 3.63) is 0 Å². The first kappa shape index (κ1) is 45.0. The second-order valence-electron chi connectivity index (χ2n) is 0.816. The van der Waals surface area contributed by atoms with Crippen LogP contribution in [0.25, 0.3) is 0 Å². The van der Waals surface area contributed by atoms with Gasteiger partial charge >= 0.3 is 0 Å². The number of hydrogen-bond acceptors (Lipinski definition) is 8. The van der Waals surface area contributed by atoms with Gasteiger partial charge in [-0.3, -0.25) is 16.8 Å². The average Bonchev–Trinajstić information content (AvgIpc) is 1.12. The van der Waals surface area contributed by atoms with Crippen LogP contribution in [-0.2, 0) is 20.8 Å². The molecule has 15 heteroatoms. The SMILES string of the molecule is O.O.O.O.O=S(=O)([O-])[O-].O=S(=O)([O-])[O-].[Pu]. The van der Waals surface area contributed by atoms with E-state index < -0.39 is 20.8 Å². The smallest absolute Gasteiger partial charge is 0.0311 e. The Kier molecular flexibility index (Phi) is 50.9. The van der Waals surface area contributed by atoms with Crippen LogP contribution in [0.4, 0.5) is 0 Å². The first-order valence-corrected chi connectivity index (χ1v) is 4.00. The molecule has 0 saturated carbocycles. The topological polar surface area (TPSA) is 287 Å². The predicted octanol–water partition coefficient (Wildman–Crippen LogP) is -5.97. The summed E-state index contributed by atoms with van der Waals surface area (Å²) in [5, 5.41) is 0. The Morgan fingerprint density at radius 2 is 0.533 bits per heavy atom. The van der Waals surface area contributed by atoms with E-state index in [1.54, 1.807) is 0 Å². The molecule has 0 aromatic rings. The minimum absolute atomic E-state index is 0. The molecule has 15 heavy (non-hydrogen) atoms. The fraction of sp³-hybridized carbons (Fsp3) is 0. The van der Waals surface area contributed by atoms with Gasteiger partial charge in [0.15, 0.2) is 0 Å². The second kappa shape index (κ2) is 17.0. The Morgan fingerprint density at radius 3 is 0.533 bits per heavy atom. The van der Waals surface area contributed by atoms with E-state index in [4.69, 9.17) is 35.0 Å². The van der Waals surface area contributed by atoms with Gasteiger partial charge in [-0.2, -0.15) is 0 Å². The molecule has 0 rings (SSSR count). The van der Waals surface area contributed by atoms with Crippen molar-refractivity contribution in [3.63, 3.8) is 0 Å². The molecule has 0 fully saturated rings. The van der Waals surface area contributed by atoms with Crippen LogP contribution < -0.4 is 0 Å². The Morgan fingerprint density at radius 1 is 0.533 bits per heavy atom. The molecule has 0 radical (unpaired) electrons. The largest absolute Gasteiger partial charge is 0.759 e. The van der Waals surface area contributed by atoms with Crippen molar-refractivity contribution in [1.29, 1.82) is 0 Å². The van der Waals surface area contributed by atoms with Crippen molar-refractivity contribution >= 4 is 20.8 Å².